The largest absolute Gasteiger partial charge is 0.405 e. The summed E-state index contributed by atoms with van der Waals surface area (Å²) in [6, 6.07) is 3.89. The van der Waals surface area contributed by atoms with E-state index < -0.39 is 18.9 Å². The molecule has 0 saturated heterocycles. The van der Waals surface area contributed by atoms with Gasteiger partial charge in [0.25, 0.3) is 5.52 Å². The third kappa shape index (κ3) is 8.08. The molecule has 0 heterocycles. The fraction of sp³-hybridized carbons (Fsp3) is 0.724. The van der Waals surface area contributed by atoms with Crippen molar-refractivity contribution in [1.82, 2.24) is 0 Å². The number of carbonyl (C=O) groups is 2. The molecule has 4 nitrogen and oxygen atoms in total. The molecular formula is C29H47O4P. The van der Waals surface area contributed by atoms with Crippen LogP contribution in [0.5, 0.6) is 0 Å². The lowest BCUT2D eigenvalue weighted by molar-refractivity contribution is -0.138. The zero-order chi connectivity index (χ0) is 25.1. The maximum Gasteiger partial charge on any atom is 0.321 e. The highest BCUT2D eigenvalue weighted by atomic mass is 31.2. The minimum Gasteiger partial charge on any atom is -0.405 e. The molecule has 2 unspecified atom stereocenters. The van der Waals surface area contributed by atoms with E-state index in [1.165, 1.54) is 38.5 Å². The first-order valence-electron chi connectivity index (χ1n) is 13.7. The van der Waals surface area contributed by atoms with E-state index in [0.29, 0.717) is 18.4 Å². The number of benzene rings is 1. The van der Waals surface area contributed by atoms with Crippen LogP contribution in [0.15, 0.2) is 12.1 Å². The highest BCUT2D eigenvalue weighted by Gasteiger charge is 2.46. The maximum absolute atomic E-state index is 14.3. The van der Waals surface area contributed by atoms with E-state index in [0.717, 1.165) is 55.2 Å². The van der Waals surface area contributed by atoms with Gasteiger partial charge in [0.05, 0.1) is 11.6 Å². The van der Waals surface area contributed by atoms with Crippen molar-refractivity contribution >= 4 is 18.9 Å². The lowest BCUT2D eigenvalue weighted by Crippen LogP contribution is -2.25. The van der Waals surface area contributed by atoms with Gasteiger partial charge in [0, 0.05) is 5.56 Å². The minimum absolute atomic E-state index is 0.343. The molecule has 2 rings (SSSR count). The second-order valence-corrected chi connectivity index (χ2v) is 13.1. The average Bonchev–Trinajstić information content (AvgIpc) is 2.80. The summed E-state index contributed by atoms with van der Waals surface area (Å²) in [5.74, 6) is -0.808. The summed E-state index contributed by atoms with van der Waals surface area (Å²) in [5, 5.41) is 0. The Morgan fingerprint density at radius 3 is 2.00 bits per heavy atom. The van der Waals surface area contributed by atoms with Gasteiger partial charge in [-0.2, -0.15) is 0 Å². The molecule has 5 heteroatoms. The summed E-state index contributed by atoms with van der Waals surface area (Å²) in [4.78, 5) is 26.8. The van der Waals surface area contributed by atoms with Crippen molar-refractivity contribution in [3.05, 3.63) is 34.4 Å². The van der Waals surface area contributed by atoms with Crippen LogP contribution in [0.3, 0.4) is 0 Å². The normalized spacial score (nSPS) is 17.2. The molecule has 2 atom stereocenters. The average molecular weight is 491 g/mol. The molecule has 1 aromatic rings. The van der Waals surface area contributed by atoms with Crippen LogP contribution in [0.25, 0.3) is 0 Å². The summed E-state index contributed by atoms with van der Waals surface area (Å²) in [6.07, 6.45) is 14.7. The molecule has 192 valence electrons. The first-order valence-corrected chi connectivity index (χ1v) is 15.4. The zero-order valence-corrected chi connectivity index (χ0v) is 23.2. The molecule has 0 aliphatic heterocycles. The van der Waals surface area contributed by atoms with Gasteiger partial charge in [-0.1, -0.05) is 102 Å². The van der Waals surface area contributed by atoms with Gasteiger partial charge < -0.3 is 4.52 Å². The van der Waals surface area contributed by atoms with Crippen molar-refractivity contribution in [3.8, 4) is 0 Å². The molecule has 1 aliphatic rings. The molecule has 0 amide bonds. The zero-order valence-electron chi connectivity index (χ0n) is 22.3. The Bertz CT molecular complexity index is 831. The smallest absolute Gasteiger partial charge is 0.321 e. The van der Waals surface area contributed by atoms with Crippen LogP contribution in [0.1, 0.15) is 131 Å². The van der Waals surface area contributed by atoms with Gasteiger partial charge in [-0.15, -0.1) is 0 Å². The van der Waals surface area contributed by atoms with Crippen LogP contribution in [-0.4, -0.2) is 17.2 Å². The highest BCUT2D eigenvalue weighted by molar-refractivity contribution is 7.78. The number of carbonyl (C=O) groups excluding carboxylic acids is 2. The Morgan fingerprint density at radius 2 is 1.44 bits per heavy atom. The van der Waals surface area contributed by atoms with Crippen LogP contribution in [0.2, 0.25) is 0 Å². The van der Waals surface area contributed by atoms with Crippen molar-refractivity contribution in [3.63, 3.8) is 0 Å². The van der Waals surface area contributed by atoms with Gasteiger partial charge in [-0.3, -0.25) is 14.2 Å². The molecule has 0 spiro atoms. The molecule has 0 N–H and O–H groups in total. The molecule has 0 bridgehead atoms. The predicted molar refractivity (Wildman–Crippen MR) is 142 cm³/mol. The van der Waals surface area contributed by atoms with Gasteiger partial charge in [0.15, 0.2) is 0 Å². The van der Waals surface area contributed by atoms with Crippen molar-refractivity contribution in [2.75, 3.05) is 0 Å². The fourth-order valence-corrected chi connectivity index (χ4v) is 8.02. The van der Waals surface area contributed by atoms with E-state index in [9.17, 15) is 14.2 Å². The van der Waals surface area contributed by atoms with E-state index in [1.54, 1.807) is 0 Å². The Morgan fingerprint density at radius 1 is 0.912 bits per heavy atom. The van der Waals surface area contributed by atoms with Crippen molar-refractivity contribution < 1.29 is 18.7 Å². The van der Waals surface area contributed by atoms with Gasteiger partial charge in [-0.25, -0.2) is 0 Å². The van der Waals surface area contributed by atoms with Gasteiger partial charge in [0.1, 0.15) is 0 Å². The summed E-state index contributed by atoms with van der Waals surface area (Å²) in [6.45, 7) is 9.82. The first kappa shape index (κ1) is 28.8. The van der Waals surface area contributed by atoms with Crippen LogP contribution >= 0.6 is 7.37 Å². The predicted octanol–water partition coefficient (Wildman–Crippen LogP) is 9.07. The lowest BCUT2D eigenvalue weighted by atomic mass is 10.0. The Hall–Kier alpha value is -1.41. The van der Waals surface area contributed by atoms with E-state index in [2.05, 4.69) is 6.92 Å². The van der Waals surface area contributed by atoms with Crippen molar-refractivity contribution in [1.29, 1.82) is 0 Å². The Balaban J connectivity index is 2.06. The first-order chi connectivity index (χ1) is 16.2. The topological polar surface area (TPSA) is 60.4 Å². The number of unbranched alkanes of at least 4 members (excludes halogenated alkanes) is 7. The van der Waals surface area contributed by atoms with Gasteiger partial charge in [-0.05, 0) is 51.2 Å². The maximum atomic E-state index is 14.3. The molecule has 1 saturated carbocycles. The number of rotatable bonds is 14. The van der Waals surface area contributed by atoms with E-state index in [1.807, 2.05) is 39.8 Å². The summed E-state index contributed by atoms with van der Waals surface area (Å²) in [7, 11) is -3.84. The SMILES string of the molecule is CCCCCCCCCCC(C)C(=O)OP(=O)(C(=O)c1c(C)cc(C)cc1C)C1CCCCC1. The number of hydrogen-bond acceptors (Lipinski definition) is 4. The van der Waals surface area contributed by atoms with Gasteiger partial charge in [0.2, 0.25) is 0 Å². The van der Waals surface area contributed by atoms with Crippen molar-refractivity contribution in [2.24, 2.45) is 5.92 Å². The second kappa shape index (κ2) is 14.2. The van der Waals surface area contributed by atoms with E-state index >= 15 is 0 Å². The van der Waals surface area contributed by atoms with Crippen LogP contribution in [0, 0.1) is 26.7 Å². The number of hydrogen-bond donors (Lipinski definition) is 0. The van der Waals surface area contributed by atoms with E-state index in [4.69, 9.17) is 4.52 Å². The van der Waals surface area contributed by atoms with Crippen LogP contribution < -0.4 is 0 Å². The summed E-state index contributed by atoms with van der Waals surface area (Å²) in [5.41, 5.74) is 2.34. The van der Waals surface area contributed by atoms with E-state index in [-0.39, 0.29) is 11.6 Å². The molecule has 0 radical (unpaired) electrons. The van der Waals surface area contributed by atoms with Crippen LogP contribution in [0.4, 0.5) is 0 Å². The lowest BCUT2D eigenvalue weighted by Gasteiger charge is -2.30. The molecule has 1 fully saturated rings. The molecular weight excluding hydrogens is 443 g/mol. The number of aryl methyl sites for hydroxylation is 3. The molecule has 34 heavy (non-hydrogen) atoms. The minimum atomic E-state index is -3.84. The van der Waals surface area contributed by atoms with Crippen LogP contribution in [-0.2, 0) is 13.9 Å². The third-order valence-electron chi connectivity index (χ3n) is 7.35. The quantitative estimate of drug-likeness (QED) is 0.193. The van der Waals surface area contributed by atoms with Gasteiger partial charge >= 0.3 is 13.3 Å². The third-order valence-corrected chi connectivity index (χ3v) is 10.1. The summed E-state index contributed by atoms with van der Waals surface area (Å²) < 4.78 is 20.1. The molecule has 0 aromatic heterocycles. The fourth-order valence-electron chi connectivity index (χ4n) is 5.30. The molecule has 1 aliphatic carbocycles. The second-order valence-electron chi connectivity index (χ2n) is 10.5. The highest BCUT2D eigenvalue weighted by Crippen LogP contribution is 2.59. The monoisotopic (exact) mass is 490 g/mol. The van der Waals surface area contributed by atoms with Crippen molar-refractivity contribution in [2.45, 2.75) is 130 Å². The summed E-state index contributed by atoms with van der Waals surface area (Å²) >= 11 is 0. The Labute approximate surface area is 208 Å². The molecule has 1 aromatic carbocycles. The Kier molecular flexibility index (Phi) is 12.1. The standard InChI is InChI=1S/C29H47O4P/c1-6-7-8-9-10-11-12-14-17-23(3)28(30)33-34(32,26-18-15-13-16-19-26)29(31)27-24(4)20-22(2)21-25(27)5/h20-21,23,26H,6-19H2,1-5H3.